The molecule has 0 aliphatic carbocycles. The van der Waals surface area contributed by atoms with Gasteiger partial charge in [0.05, 0.1) is 16.8 Å². The second kappa shape index (κ2) is 7.86. The SMILES string of the molecule is Cc1c(C(C)C)c(=O)n(-c2ccc(S(=O)(=O)NCc3ccc4occc4c3)cc2)n1C. The van der Waals surface area contributed by atoms with Crippen molar-refractivity contribution in [3.05, 3.63) is 82.0 Å². The summed E-state index contributed by atoms with van der Waals surface area (Å²) >= 11 is 0. The van der Waals surface area contributed by atoms with Gasteiger partial charge in [0.25, 0.3) is 5.56 Å². The second-order valence-corrected chi connectivity index (χ2v) is 9.67. The van der Waals surface area contributed by atoms with Crippen molar-refractivity contribution in [2.75, 3.05) is 0 Å². The maximum absolute atomic E-state index is 12.9. The number of fused-ring (bicyclic) bond motifs is 1. The molecule has 0 amide bonds. The van der Waals surface area contributed by atoms with Crippen LogP contribution < -0.4 is 10.3 Å². The minimum atomic E-state index is -3.70. The van der Waals surface area contributed by atoms with E-state index in [4.69, 9.17) is 4.42 Å². The number of sulfonamides is 1. The highest BCUT2D eigenvalue weighted by Gasteiger charge is 2.19. The highest BCUT2D eigenvalue weighted by Crippen LogP contribution is 2.20. The van der Waals surface area contributed by atoms with Gasteiger partial charge in [0.15, 0.2) is 0 Å². The van der Waals surface area contributed by atoms with Crippen molar-refractivity contribution in [1.29, 1.82) is 0 Å². The second-order valence-electron chi connectivity index (χ2n) is 7.91. The third-order valence-corrected chi connectivity index (χ3v) is 6.97. The number of aromatic nitrogens is 2. The Morgan fingerprint density at radius 2 is 1.77 bits per heavy atom. The average molecular weight is 440 g/mol. The maximum atomic E-state index is 12.9. The number of rotatable bonds is 6. The first-order valence-corrected chi connectivity index (χ1v) is 11.5. The molecule has 0 fully saturated rings. The molecule has 4 aromatic rings. The van der Waals surface area contributed by atoms with Crippen LogP contribution in [0.3, 0.4) is 0 Å². The van der Waals surface area contributed by atoms with Crippen LogP contribution in [0.4, 0.5) is 0 Å². The Morgan fingerprint density at radius 3 is 2.42 bits per heavy atom. The van der Waals surface area contributed by atoms with E-state index >= 15 is 0 Å². The average Bonchev–Trinajstić information content (AvgIpc) is 3.28. The molecule has 4 rings (SSSR count). The molecule has 0 saturated carbocycles. The first-order chi connectivity index (χ1) is 14.7. The summed E-state index contributed by atoms with van der Waals surface area (Å²) < 4.78 is 36.8. The molecule has 31 heavy (non-hydrogen) atoms. The number of hydrogen-bond acceptors (Lipinski definition) is 4. The fourth-order valence-electron chi connectivity index (χ4n) is 3.84. The third kappa shape index (κ3) is 3.84. The van der Waals surface area contributed by atoms with Gasteiger partial charge in [0.2, 0.25) is 10.0 Å². The minimum absolute atomic E-state index is 0.0848. The van der Waals surface area contributed by atoms with Gasteiger partial charge in [-0.3, -0.25) is 9.48 Å². The van der Waals surface area contributed by atoms with Crippen molar-refractivity contribution in [2.24, 2.45) is 7.05 Å². The largest absolute Gasteiger partial charge is 0.464 e. The van der Waals surface area contributed by atoms with Crippen molar-refractivity contribution < 1.29 is 12.8 Å². The number of furan rings is 1. The Morgan fingerprint density at radius 1 is 1.06 bits per heavy atom. The van der Waals surface area contributed by atoms with Crippen LogP contribution in [0.2, 0.25) is 0 Å². The molecule has 0 saturated heterocycles. The summed E-state index contributed by atoms with van der Waals surface area (Å²) in [5.41, 5.74) is 3.78. The molecule has 7 nitrogen and oxygen atoms in total. The summed E-state index contributed by atoms with van der Waals surface area (Å²) in [4.78, 5) is 13.0. The maximum Gasteiger partial charge on any atom is 0.275 e. The van der Waals surface area contributed by atoms with Gasteiger partial charge in [0.1, 0.15) is 5.58 Å². The molecule has 0 spiro atoms. The van der Waals surface area contributed by atoms with E-state index in [0.29, 0.717) is 5.69 Å². The van der Waals surface area contributed by atoms with E-state index in [1.807, 2.05) is 52.1 Å². The van der Waals surface area contributed by atoms with Crippen LogP contribution in [0.5, 0.6) is 0 Å². The molecule has 1 N–H and O–H groups in total. The molecule has 2 aromatic carbocycles. The molecule has 2 aromatic heterocycles. The summed E-state index contributed by atoms with van der Waals surface area (Å²) in [6, 6.07) is 13.7. The van der Waals surface area contributed by atoms with Crippen LogP contribution in [0.25, 0.3) is 16.7 Å². The predicted octanol–water partition coefficient (Wildman–Crippen LogP) is 3.83. The molecular weight excluding hydrogens is 414 g/mol. The smallest absolute Gasteiger partial charge is 0.275 e. The van der Waals surface area contributed by atoms with Gasteiger partial charge in [-0.1, -0.05) is 19.9 Å². The zero-order valence-electron chi connectivity index (χ0n) is 17.9. The van der Waals surface area contributed by atoms with E-state index < -0.39 is 10.0 Å². The van der Waals surface area contributed by atoms with Crippen LogP contribution in [-0.2, 0) is 23.6 Å². The summed E-state index contributed by atoms with van der Waals surface area (Å²) in [5.74, 6) is 0.102. The van der Waals surface area contributed by atoms with Gasteiger partial charge in [-0.15, -0.1) is 0 Å². The Balaban J connectivity index is 1.57. The lowest BCUT2D eigenvalue weighted by Gasteiger charge is -2.10. The van der Waals surface area contributed by atoms with Crippen molar-refractivity contribution in [2.45, 2.75) is 38.1 Å². The third-order valence-electron chi connectivity index (χ3n) is 5.55. The first-order valence-electron chi connectivity index (χ1n) is 10.0. The molecule has 0 bridgehead atoms. The van der Waals surface area contributed by atoms with E-state index in [9.17, 15) is 13.2 Å². The molecule has 162 valence electrons. The molecule has 0 aliphatic rings. The Kier molecular flexibility index (Phi) is 5.36. The monoisotopic (exact) mass is 439 g/mol. The van der Waals surface area contributed by atoms with E-state index in [2.05, 4.69) is 4.72 Å². The zero-order chi connectivity index (χ0) is 22.3. The van der Waals surface area contributed by atoms with E-state index in [0.717, 1.165) is 27.8 Å². The fraction of sp³-hybridized carbons (Fsp3) is 0.261. The fourth-order valence-corrected chi connectivity index (χ4v) is 4.86. The van der Waals surface area contributed by atoms with Gasteiger partial charge in [-0.05, 0) is 60.9 Å². The van der Waals surface area contributed by atoms with Crippen LogP contribution in [0, 0.1) is 6.92 Å². The highest BCUT2D eigenvalue weighted by molar-refractivity contribution is 7.89. The first kappa shape index (κ1) is 21.1. The van der Waals surface area contributed by atoms with Gasteiger partial charge in [-0.25, -0.2) is 17.8 Å². The summed E-state index contributed by atoms with van der Waals surface area (Å²) in [5, 5.41) is 0.921. The zero-order valence-corrected chi connectivity index (χ0v) is 18.7. The van der Waals surface area contributed by atoms with Gasteiger partial charge < -0.3 is 4.42 Å². The number of benzene rings is 2. The molecule has 0 radical (unpaired) electrons. The van der Waals surface area contributed by atoms with Gasteiger partial charge in [0, 0.05) is 30.2 Å². The Labute approximate surface area is 181 Å². The lowest BCUT2D eigenvalue weighted by molar-refractivity contribution is 0.581. The highest BCUT2D eigenvalue weighted by atomic mass is 32.2. The van der Waals surface area contributed by atoms with Gasteiger partial charge in [-0.2, -0.15) is 0 Å². The Bertz CT molecular complexity index is 1410. The van der Waals surface area contributed by atoms with Crippen LogP contribution in [0.1, 0.15) is 36.6 Å². The summed E-state index contributed by atoms with van der Waals surface area (Å²) in [6.45, 7) is 6.05. The van der Waals surface area contributed by atoms with E-state index in [1.165, 1.54) is 12.1 Å². The number of nitrogens with zero attached hydrogens (tertiary/aromatic N) is 2. The van der Waals surface area contributed by atoms with Crippen LogP contribution in [0.15, 0.2) is 68.9 Å². The van der Waals surface area contributed by atoms with Crippen molar-refractivity contribution in [3.8, 4) is 5.69 Å². The minimum Gasteiger partial charge on any atom is -0.464 e. The van der Waals surface area contributed by atoms with Crippen LogP contribution in [-0.4, -0.2) is 17.8 Å². The molecule has 2 heterocycles. The molecule has 8 heteroatoms. The number of hydrogen-bond donors (Lipinski definition) is 1. The molecule has 0 unspecified atom stereocenters. The quantitative estimate of drug-likeness (QED) is 0.495. The Hall–Kier alpha value is -3.10. The topological polar surface area (TPSA) is 86.2 Å². The number of nitrogens with one attached hydrogen (secondary N) is 1. The predicted molar refractivity (Wildman–Crippen MR) is 120 cm³/mol. The molecule has 0 aliphatic heterocycles. The summed E-state index contributed by atoms with van der Waals surface area (Å²) in [6.07, 6.45) is 1.60. The van der Waals surface area contributed by atoms with Crippen molar-refractivity contribution in [3.63, 3.8) is 0 Å². The van der Waals surface area contributed by atoms with Crippen LogP contribution >= 0.6 is 0 Å². The lowest BCUT2D eigenvalue weighted by Crippen LogP contribution is -2.24. The molecule has 0 atom stereocenters. The standard InChI is InChI=1S/C23H25N3O4S/c1-15(2)22-16(3)25(4)26(23(22)27)19-6-8-20(9-7-19)31(28,29)24-14-17-5-10-21-18(13-17)11-12-30-21/h5-13,15,24H,14H2,1-4H3. The normalized spacial score (nSPS) is 12.2. The van der Waals surface area contributed by atoms with E-state index in [1.54, 1.807) is 27.8 Å². The van der Waals surface area contributed by atoms with Crippen molar-refractivity contribution in [1.82, 2.24) is 14.1 Å². The van der Waals surface area contributed by atoms with Crippen molar-refractivity contribution >= 4 is 21.0 Å². The van der Waals surface area contributed by atoms with E-state index in [-0.39, 0.29) is 22.9 Å². The molecular formula is C23H25N3O4S. The summed E-state index contributed by atoms with van der Waals surface area (Å²) in [7, 11) is -1.88. The lowest BCUT2D eigenvalue weighted by atomic mass is 10.0. The van der Waals surface area contributed by atoms with Gasteiger partial charge >= 0.3 is 0 Å².